The molecule has 0 spiro atoms. The first-order valence-electron chi connectivity index (χ1n) is 5.95. The Balaban J connectivity index is 2.05. The molecule has 7 nitrogen and oxygen atoms in total. The lowest BCUT2D eigenvalue weighted by Gasteiger charge is -2.15. The van der Waals surface area contributed by atoms with Gasteiger partial charge in [0.2, 0.25) is 0 Å². The number of rotatable bonds is 5. The van der Waals surface area contributed by atoms with Crippen LogP contribution in [0.1, 0.15) is 12.6 Å². The molecule has 2 heterocycles. The van der Waals surface area contributed by atoms with Gasteiger partial charge in [-0.2, -0.15) is 0 Å². The number of aliphatic hydroxyl groups is 1. The molecule has 1 saturated heterocycles. The lowest BCUT2D eigenvalue weighted by molar-refractivity contribution is -0.0595. The Kier molecular flexibility index (Phi) is 4.31. The fourth-order valence-electron chi connectivity index (χ4n) is 1.96. The fraction of sp³-hybridized carbons (Fsp3) is 0.500. The smallest absolute Gasteiger partial charge is 0.330 e. The van der Waals surface area contributed by atoms with E-state index < -0.39 is 29.7 Å². The van der Waals surface area contributed by atoms with E-state index in [1.54, 1.807) is 6.08 Å². The van der Waals surface area contributed by atoms with Crippen molar-refractivity contribution in [3.05, 3.63) is 45.8 Å². The Morgan fingerprint density at radius 2 is 2.42 bits per heavy atom. The van der Waals surface area contributed by atoms with Gasteiger partial charge in [0.15, 0.2) is 0 Å². The monoisotopic (exact) mass is 268 g/mol. The number of hydrogen-bond donors (Lipinski definition) is 2. The average Bonchev–Trinajstić information content (AvgIpc) is 2.71. The highest BCUT2D eigenvalue weighted by molar-refractivity contribution is 4.88. The molecule has 0 amide bonds. The van der Waals surface area contributed by atoms with E-state index in [2.05, 4.69) is 11.6 Å². The number of aromatic nitrogens is 2. The lowest BCUT2D eigenvalue weighted by Crippen LogP contribution is -2.31. The van der Waals surface area contributed by atoms with E-state index in [4.69, 9.17) is 9.47 Å². The Morgan fingerprint density at radius 3 is 3.11 bits per heavy atom. The van der Waals surface area contributed by atoms with E-state index in [1.807, 2.05) is 0 Å². The first kappa shape index (κ1) is 13.7. The number of aliphatic hydroxyl groups excluding tert-OH is 1. The summed E-state index contributed by atoms with van der Waals surface area (Å²) in [5, 5.41) is 9.85. The summed E-state index contributed by atoms with van der Waals surface area (Å²) < 4.78 is 12.0. The van der Waals surface area contributed by atoms with Crippen LogP contribution in [0.25, 0.3) is 0 Å². The maximum Gasteiger partial charge on any atom is 0.330 e. The van der Waals surface area contributed by atoms with Crippen molar-refractivity contribution in [2.24, 2.45) is 0 Å². The van der Waals surface area contributed by atoms with Gasteiger partial charge in [0.05, 0.1) is 19.3 Å². The van der Waals surface area contributed by atoms with Gasteiger partial charge in [-0.1, -0.05) is 6.08 Å². The van der Waals surface area contributed by atoms with Crippen LogP contribution < -0.4 is 11.2 Å². The summed E-state index contributed by atoms with van der Waals surface area (Å²) in [7, 11) is 0. The van der Waals surface area contributed by atoms with Crippen LogP contribution >= 0.6 is 0 Å². The summed E-state index contributed by atoms with van der Waals surface area (Å²) in [6.45, 7) is 4.11. The van der Waals surface area contributed by atoms with E-state index in [-0.39, 0.29) is 13.0 Å². The minimum Gasteiger partial charge on any atom is -0.390 e. The second-order valence-electron chi connectivity index (χ2n) is 4.28. The molecule has 104 valence electrons. The zero-order valence-corrected chi connectivity index (χ0v) is 10.3. The normalized spacial score (nSPS) is 26.5. The zero-order valence-electron chi connectivity index (χ0n) is 10.3. The van der Waals surface area contributed by atoms with E-state index in [1.165, 1.54) is 16.8 Å². The molecule has 0 aromatic carbocycles. The number of ether oxygens (including phenoxy) is 2. The summed E-state index contributed by atoms with van der Waals surface area (Å²) in [4.78, 5) is 24.7. The van der Waals surface area contributed by atoms with E-state index in [0.717, 1.165) is 0 Å². The molecule has 7 heteroatoms. The van der Waals surface area contributed by atoms with E-state index in [0.29, 0.717) is 6.61 Å². The quantitative estimate of drug-likeness (QED) is 0.549. The van der Waals surface area contributed by atoms with Gasteiger partial charge in [-0.3, -0.25) is 14.3 Å². The predicted octanol–water partition coefficient (Wildman–Crippen LogP) is -0.612. The molecule has 1 fully saturated rings. The van der Waals surface area contributed by atoms with E-state index in [9.17, 15) is 14.7 Å². The van der Waals surface area contributed by atoms with Crippen molar-refractivity contribution in [1.82, 2.24) is 9.55 Å². The van der Waals surface area contributed by atoms with Crippen LogP contribution in [0, 0.1) is 0 Å². The van der Waals surface area contributed by atoms with Gasteiger partial charge in [0, 0.05) is 18.7 Å². The molecule has 1 aromatic heterocycles. The third-order valence-electron chi connectivity index (χ3n) is 2.88. The Bertz CT molecular complexity index is 550. The van der Waals surface area contributed by atoms with Crippen molar-refractivity contribution >= 4 is 0 Å². The van der Waals surface area contributed by atoms with Gasteiger partial charge in [-0.15, -0.1) is 6.58 Å². The van der Waals surface area contributed by atoms with Crippen molar-refractivity contribution in [2.75, 3.05) is 13.2 Å². The number of nitrogens with zero attached hydrogens (tertiary/aromatic N) is 1. The molecular weight excluding hydrogens is 252 g/mol. The predicted molar refractivity (Wildman–Crippen MR) is 66.9 cm³/mol. The highest BCUT2D eigenvalue weighted by Crippen LogP contribution is 2.27. The summed E-state index contributed by atoms with van der Waals surface area (Å²) in [5.74, 6) is 0. The molecule has 3 atom stereocenters. The maximum absolute atomic E-state index is 11.6. The molecular formula is C12H16N2O5. The van der Waals surface area contributed by atoms with Gasteiger partial charge in [-0.05, 0) is 0 Å². The highest BCUT2D eigenvalue weighted by atomic mass is 16.6. The molecule has 1 aliphatic heterocycles. The van der Waals surface area contributed by atoms with Gasteiger partial charge in [0.1, 0.15) is 12.3 Å². The molecule has 0 unspecified atom stereocenters. The fourth-order valence-corrected chi connectivity index (χ4v) is 1.96. The molecule has 2 N–H and O–H groups in total. The highest BCUT2D eigenvalue weighted by Gasteiger charge is 2.35. The van der Waals surface area contributed by atoms with Crippen molar-refractivity contribution in [2.45, 2.75) is 24.9 Å². The lowest BCUT2D eigenvalue weighted by atomic mass is 10.2. The van der Waals surface area contributed by atoms with Crippen molar-refractivity contribution < 1.29 is 14.6 Å². The molecule has 0 bridgehead atoms. The largest absolute Gasteiger partial charge is 0.390 e. The topological polar surface area (TPSA) is 93.5 Å². The average molecular weight is 268 g/mol. The van der Waals surface area contributed by atoms with Crippen molar-refractivity contribution in [3.8, 4) is 0 Å². The Hall–Kier alpha value is -1.70. The van der Waals surface area contributed by atoms with Gasteiger partial charge in [-0.25, -0.2) is 4.79 Å². The molecule has 0 aliphatic carbocycles. The van der Waals surface area contributed by atoms with Crippen LogP contribution in [0.4, 0.5) is 0 Å². The third-order valence-corrected chi connectivity index (χ3v) is 2.88. The van der Waals surface area contributed by atoms with Crippen LogP contribution in [-0.4, -0.2) is 40.1 Å². The first-order chi connectivity index (χ1) is 9.11. The second kappa shape index (κ2) is 5.96. The molecule has 1 aromatic rings. The number of hydrogen-bond acceptors (Lipinski definition) is 5. The maximum atomic E-state index is 11.6. The molecule has 0 radical (unpaired) electrons. The van der Waals surface area contributed by atoms with Crippen LogP contribution in [0.15, 0.2) is 34.5 Å². The minimum absolute atomic E-state index is 0.224. The van der Waals surface area contributed by atoms with Crippen LogP contribution in [-0.2, 0) is 9.47 Å². The van der Waals surface area contributed by atoms with Crippen molar-refractivity contribution in [1.29, 1.82) is 0 Å². The zero-order chi connectivity index (χ0) is 13.8. The van der Waals surface area contributed by atoms with Gasteiger partial charge >= 0.3 is 5.69 Å². The molecule has 19 heavy (non-hydrogen) atoms. The first-order valence-corrected chi connectivity index (χ1v) is 5.95. The molecule has 2 rings (SSSR count). The van der Waals surface area contributed by atoms with Gasteiger partial charge < -0.3 is 14.6 Å². The molecule has 0 saturated carbocycles. The summed E-state index contributed by atoms with van der Waals surface area (Å²) in [5.41, 5.74) is -1.02. The van der Waals surface area contributed by atoms with E-state index >= 15 is 0 Å². The Labute approximate surface area is 109 Å². The SMILES string of the molecule is C=CCOC[C@H]1O[C@@H](n2ccc(=O)[nH]c2=O)C[C@@H]1O. The second-order valence-corrected chi connectivity index (χ2v) is 4.28. The minimum atomic E-state index is -0.714. The standard InChI is InChI=1S/C12H16N2O5/c1-2-5-18-7-9-8(15)6-11(19-9)14-4-3-10(16)13-12(14)17/h2-4,8-9,11,15H,1,5-7H2,(H,13,16,17)/t8-,9+,11+/m0/s1. The summed E-state index contributed by atoms with van der Waals surface area (Å²) in [6.07, 6.45) is 1.42. The summed E-state index contributed by atoms with van der Waals surface area (Å²) in [6, 6.07) is 1.23. The molecule has 1 aliphatic rings. The Morgan fingerprint density at radius 1 is 1.63 bits per heavy atom. The van der Waals surface area contributed by atoms with Crippen LogP contribution in [0.2, 0.25) is 0 Å². The number of aromatic amines is 1. The number of H-pyrrole nitrogens is 1. The van der Waals surface area contributed by atoms with Crippen LogP contribution in [0.5, 0.6) is 0 Å². The van der Waals surface area contributed by atoms with Crippen LogP contribution in [0.3, 0.4) is 0 Å². The van der Waals surface area contributed by atoms with Gasteiger partial charge in [0.25, 0.3) is 5.56 Å². The number of nitrogens with one attached hydrogen (secondary N) is 1. The third kappa shape index (κ3) is 3.19. The summed E-state index contributed by atoms with van der Waals surface area (Å²) >= 11 is 0. The van der Waals surface area contributed by atoms with Crippen molar-refractivity contribution in [3.63, 3.8) is 0 Å².